The van der Waals surface area contributed by atoms with Crippen LogP contribution in [0.1, 0.15) is 43.0 Å². The number of benzene rings is 1. The first-order chi connectivity index (χ1) is 9.54. The number of hydrogen-bond acceptors (Lipinski definition) is 3. The fourth-order valence-electron chi connectivity index (χ4n) is 3.24. The summed E-state index contributed by atoms with van der Waals surface area (Å²) < 4.78 is 0. The van der Waals surface area contributed by atoms with Gasteiger partial charge in [-0.3, -0.25) is 4.90 Å². The van der Waals surface area contributed by atoms with E-state index in [1.165, 1.54) is 12.0 Å². The van der Waals surface area contributed by atoms with Gasteiger partial charge in [0, 0.05) is 32.2 Å². The van der Waals surface area contributed by atoms with Gasteiger partial charge < -0.3 is 10.4 Å². The first-order valence-corrected chi connectivity index (χ1v) is 7.79. The van der Waals surface area contributed by atoms with E-state index in [0.29, 0.717) is 17.7 Å². The molecule has 0 saturated carbocycles. The van der Waals surface area contributed by atoms with Crippen molar-refractivity contribution in [2.24, 2.45) is 5.92 Å². The molecular formula is C17H30Cl2N2O. The van der Waals surface area contributed by atoms with Crippen molar-refractivity contribution in [3.63, 3.8) is 0 Å². The maximum absolute atomic E-state index is 10.00. The summed E-state index contributed by atoms with van der Waals surface area (Å²) in [4.78, 5) is 2.59. The summed E-state index contributed by atoms with van der Waals surface area (Å²) in [6.07, 6.45) is 1.17. The quantitative estimate of drug-likeness (QED) is 0.867. The van der Waals surface area contributed by atoms with Crippen LogP contribution in [0, 0.1) is 19.8 Å². The number of aryl methyl sites for hydroxylation is 2. The predicted octanol–water partition coefficient (Wildman–Crippen LogP) is 3.85. The van der Waals surface area contributed by atoms with Gasteiger partial charge in [-0.15, -0.1) is 24.8 Å². The Bertz CT molecular complexity index is 439. The lowest BCUT2D eigenvalue weighted by Gasteiger charge is -2.38. The molecule has 1 saturated heterocycles. The minimum Gasteiger partial charge on any atom is -0.507 e. The van der Waals surface area contributed by atoms with Crippen LogP contribution in [0.15, 0.2) is 12.1 Å². The molecule has 2 rings (SSSR count). The number of nitrogens with one attached hydrogen (secondary N) is 1. The van der Waals surface area contributed by atoms with Crippen LogP contribution in [0.4, 0.5) is 0 Å². The highest BCUT2D eigenvalue weighted by Gasteiger charge is 2.27. The number of phenolic OH excluding ortho intramolecular Hbond substituents is 1. The van der Waals surface area contributed by atoms with E-state index in [9.17, 15) is 5.11 Å². The third-order valence-corrected chi connectivity index (χ3v) is 4.58. The van der Waals surface area contributed by atoms with Crippen LogP contribution in [0.5, 0.6) is 5.75 Å². The lowest BCUT2D eigenvalue weighted by atomic mass is 9.88. The summed E-state index contributed by atoms with van der Waals surface area (Å²) in [6, 6.07) is 4.79. The summed E-state index contributed by atoms with van der Waals surface area (Å²) in [5.74, 6) is 1.06. The molecule has 3 nitrogen and oxygen atoms in total. The molecule has 128 valence electrons. The van der Waals surface area contributed by atoms with Crippen molar-refractivity contribution < 1.29 is 5.11 Å². The van der Waals surface area contributed by atoms with E-state index in [4.69, 9.17) is 0 Å². The smallest absolute Gasteiger partial charge is 0.121 e. The molecule has 0 spiro atoms. The summed E-state index contributed by atoms with van der Waals surface area (Å²) >= 11 is 0. The average molecular weight is 349 g/mol. The molecule has 1 aromatic carbocycles. The topological polar surface area (TPSA) is 35.5 Å². The van der Waals surface area contributed by atoms with Gasteiger partial charge in [-0.25, -0.2) is 0 Å². The van der Waals surface area contributed by atoms with Crippen molar-refractivity contribution >= 4 is 24.8 Å². The van der Waals surface area contributed by atoms with Gasteiger partial charge >= 0.3 is 0 Å². The van der Waals surface area contributed by atoms with Gasteiger partial charge in [-0.2, -0.15) is 0 Å². The molecule has 1 aromatic rings. The van der Waals surface area contributed by atoms with Gasteiger partial charge in [0.1, 0.15) is 5.75 Å². The molecule has 0 amide bonds. The third-order valence-electron chi connectivity index (χ3n) is 4.58. The zero-order chi connectivity index (χ0) is 14.7. The maximum atomic E-state index is 10.00. The largest absolute Gasteiger partial charge is 0.507 e. The van der Waals surface area contributed by atoms with Crippen molar-refractivity contribution in [1.82, 2.24) is 10.2 Å². The molecule has 0 aromatic heterocycles. The Labute approximate surface area is 147 Å². The van der Waals surface area contributed by atoms with E-state index >= 15 is 0 Å². The van der Waals surface area contributed by atoms with Gasteiger partial charge in [0.15, 0.2) is 0 Å². The number of halogens is 2. The van der Waals surface area contributed by atoms with Crippen molar-refractivity contribution in [3.8, 4) is 5.75 Å². The first-order valence-electron chi connectivity index (χ1n) is 7.79. The highest BCUT2D eigenvalue weighted by molar-refractivity contribution is 5.85. The minimum atomic E-state index is 0. The van der Waals surface area contributed by atoms with Crippen LogP contribution >= 0.6 is 24.8 Å². The molecule has 2 N–H and O–H groups in total. The minimum absolute atomic E-state index is 0. The van der Waals surface area contributed by atoms with E-state index in [1.54, 1.807) is 0 Å². The number of nitrogens with zero attached hydrogens (tertiary/aromatic N) is 1. The van der Waals surface area contributed by atoms with Crippen molar-refractivity contribution in [2.45, 2.75) is 40.2 Å². The molecule has 22 heavy (non-hydrogen) atoms. The first kappa shape index (κ1) is 21.5. The Balaban J connectivity index is 0.00000220. The van der Waals surface area contributed by atoms with Gasteiger partial charge in [0.05, 0.1) is 0 Å². The number of phenols is 1. The SMILES string of the molecule is CCC(C)[C@H](c1cc(C)c(O)c(C)c1)N1CCNCC1.Cl.Cl. The van der Waals surface area contributed by atoms with Gasteiger partial charge in [0.2, 0.25) is 0 Å². The second-order valence-electron chi connectivity index (χ2n) is 6.12. The normalized spacial score (nSPS) is 18.0. The monoisotopic (exact) mass is 348 g/mol. The molecule has 0 radical (unpaired) electrons. The Morgan fingerprint density at radius 1 is 1.14 bits per heavy atom. The molecule has 1 unspecified atom stereocenters. The molecule has 0 aliphatic carbocycles. The molecule has 2 atom stereocenters. The molecule has 0 bridgehead atoms. The number of rotatable bonds is 4. The van der Waals surface area contributed by atoms with Crippen LogP contribution in [0.2, 0.25) is 0 Å². The van der Waals surface area contributed by atoms with E-state index in [0.717, 1.165) is 37.3 Å². The maximum Gasteiger partial charge on any atom is 0.121 e. The number of aromatic hydroxyl groups is 1. The molecular weight excluding hydrogens is 319 g/mol. The van der Waals surface area contributed by atoms with Crippen LogP contribution in [-0.4, -0.2) is 36.2 Å². The van der Waals surface area contributed by atoms with Crippen LogP contribution in [-0.2, 0) is 0 Å². The Morgan fingerprint density at radius 2 is 1.64 bits per heavy atom. The van der Waals surface area contributed by atoms with E-state index < -0.39 is 0 Å². The summed E-state index contributed by atoms with van der Waals surface area (Å²) in [6.45, 7) is 13.0. The van der Waals surface area contributed by atoms with Crippen LogP contribution in [0.3, 0.4) is 0 Å². The zero-order valence-corrected chi connectivity index (χ0v) is 15.7. The fourth-order valence-corrected chi connectivity index (χ4v) is 3.24. The zero-order valence-electron chi connectivity index (χ0n) is 14.1. The summed E-state index contributed by atoms with van der Waals surface area (Å²) in [5.41, 5.74) is 3.33. The fraction of sp³-hybridized carbons (Fsp3) is 0.647. The lowest BCUT2D eigenvalue weighted by Crippen LogP contribution is -2.46. The standard InChI is InChI=1S/C17H28N2O.2ClH/c1-5-12(2)16(19-8-6-18-7-9-19)15-10-13(3)17(20)14(4)11-15;;/h10-12,16,18,20H,5-9H2,1-4H3;2*1H/t12?,16-;;/m1../s1. The second kappa shape index (κ2) is 9.61. The Kier molecular flexibility index (Phi) is 9.40. The predicted molar refractivity (Wildman–Crippen MR) is 98.7 cm³/mol. The number of hydrogen-bond donors (Lipinski definition) is 2. The van der Waals surface area contributed by atoms with E-state index in [-0.39, 0.29) is 24.8 Å². The van der Waals surface area contributed by atoms with Gasteiger partial charge in [-0.05, 0) is 36.5 Å². The Morgan fingerprint density at radius 3 is 2.09 bits per heavy atom. The molecule has 1 aliphatic heterocycles. The van der Waals surface area contributed by atoms with Crippen molar-refractivity contribution in [3.05, 3.63) is 28.8 Å². The van der Waals surface area contributed by atoms with Crippen LogP contribution in [0.25, 0.3) is 0 Å². The van der Waals surface area contributed by atoms with Gasteiger partial charge in [-0.1, -0.05) is 32.4 Å². The number of piperazine rings is 1. The molecule has 1 heterocycles. The molecule has 5 heteroatoms. The second-order valence-corrected chi connectivity index (χ2v) is 6.12. The third kappa shape index (κ3) is 4.76. The average Bonchev–Trinajstić information content (AvgIpc) is 2.46. The lowest BCUT2D eigenvalue weighted by molar-refractivity contribution is 0.128. The van der Waals surface area contributed by atoms with Gasteiger partial charge in [0.25, 0.3) is 0 Å². The molecule has 1 aliphatic rings. The summed E-state index contributed by atoms with van der Waals surface area (Å²) in [7, 11) is 0. The Hall–Kier alpha value is -0.480. The highest BCUT2D eigenvalue weighted by atomic mass is 35.5. The van der Waals surface area contributed by atoms with Crippen molar-refractivity contribution in [1.29, 1.82) is 0 Å². The molecule has 1 fully saturated rings. The van der Waals surface area contributed by atoms with Crippen molar-refractivity contribution in [2.75, 3.05) is 26.2 Å². The highest BCUT2D eigenvalue weighted by Crippen LogP contribution is 2.34. The van der Waals surface area contributed by atoms with E-state index in [1.807, 2.05) is 13.8 Å². The van der Waals surface area contributed by atoms with Crippen LogP contribution < -0.4 is 5.32 Å². The van der Waals surface area contributed by atoms with E-state index in [2.05, 4.69) is 36.2 Å². The summed E-state index contributed by atoms with van der Waals surface area (Å²) in [5, 5.41) is 13.4.